The van der Waals surface area contributed by atoms with Crippen LogP contribution in [0.5, 0.6) is 0 Å². The summed E-state index contributed by atoms with van der Waals surface area (Å²) in [6.07, 6.45) is 6.87. The van der Waals surface area contributed by atoms with Crippen molar-refractivity contribution >= 4 is 54.0 Å². The highest BCUT2D eigenvalue weighted by atomic mass is 32.2. The molecule has 2 unspecified atom stereocenters. The zero-order valence-electron chi connectivity index (χ0n) is 21.8. The third-order valence-electron chi connectivity index (χ3n) is 6.12. The molecule has 0 bridgehead atoms. The minimum absolute atomic E-state index is 0.00946. The van der Waals surface area contributed by atoms with Crippen molar-refractivity contribution in [2.75, 3.05) is 13.6 Å². The molecule has 0 aliphatic carbocycles. The summed E-state index contributed by atoms with van der Waals surface area (Å²) in [6.45, 7) is 14.7. The molecule has 0 saturated carbocycles. The summed E-state index contributed by atoms with van der Waals surface area (Å²) in [6, 6.07) is 3.33. The largest absolute Gasteiger partial charge is 0.397 e. The van der Waals surface area contributed by atoms with Gasteiger partial charge < -0.3 is 4.43 Å². The monoisotopic (exact) mass is 526 g/mol. The molecular weight excluding hydrogens is 485 g/mol. The summed E-state index contributed by atoms with van der Waals surface area (Å²) in [4.78, 5) is 28.8. The van der Waals surface area contributed by atoms with Gasteiger partial charge in [-0.15, -0.1) is 10.2 Å². The lowest BCUT2D eigenvalue weighted by atomic mass is 10.3. The normalized spacial score (nSPS) is 23.7. The van der Waals surface area contributed by atoms with Crippen molar-refractivity contribution in [2.24, 2.45) is 10.2 Å². The van der Waals surface area contributed by atoms with Crippen LogP contribution >= 0.6 is 23.5 Å². The predicted molar refractivity (Wildman–Crippen MR) is 149 cm³/mol. The molecule has 2 heterocycles. The molecule has 0 radical (unpaired) electrons. The van der Waals surface area contributed by atoms with E-state index in [-0.39, 0.29) is 17.1 Å². The van der Waals surface area contributed by atoms with Crippen molar-refractivity contribution in [3.8, 4) is 0 Å². The van der Waals surface area contributed by atoms with Gasteiger partial charge in [-0.25, -0.2) is 0 Å². The Kier molecular flexibility index (Phi) is 11.9. The van der Waals surface area contributed by atoms with Gasteiger partial charge >= 0.3 is 0 Å². The Balaban J connectivity index is 2.23. The zero-order chi connectivity index (χ0) is 25.3. The highest BCUT2D eigenvalue weighted by Gasteiger charge is 2.44. The average Bonchev–Trinajstić information content (AvgIpc) is 3.22. The van der Waals surface area contributed by atoms with Crippen LogP contribution in [0.2, 0.25) is 18.1 Å². The van der Waals surface area contributed by atoms with E-state index in [0.29, 0.717) is 16.9 Å². The number of likely N-dealkylation sites (N-methyl/N-ethyl adjacent to an activating group) is 1. The zero-order valence-corrected chi connectivity index (χ0v) is 24.4. The van der Waals surface area contributed by atoms with E-state index in [1.54, 1.807) is 16.8 Å². The van der Waals surface area contributed by atoms with Gasteiger partial charge in [0.2, 0.25) is 5.91 Å². The number of hydrogen-bond acceptors (Lipinski definition) is 7. The third kappa shape index (κ3) is 7.70. The molecule has 2 atom stereocenters. The van der Waals surface area contributed by atoms with Gasteiger partial charge in [-0.2, -0.15) is 0 Å². The van der Waals surface area contributed by atoms with E-state index in [9.17, 15) is 9.59 Å². The van der Waals surface area contributed by atoms with E-state index in [0.717, 1.165) is 62.2 Å². The fourth-order valence-electron chi connectivity index (χ4n) is 4.08. The number of rotatable bonds is 14. The molecule has 34 heavy (non-hydrogen) atoms. The Morgan fingerprint density at radius 1 is 0.971 bits per heavy atom. The summed E-state index contributed by atoms with van der Waals surface area (Å²) in [5.41, 5.74) is 0.330. The lowest BCUT2D eigenvalue weighted by Gasteiger charge is -2.33. The van der Waals surface area contributed by atoms with E-state index in [4.69, 9.17) is 4.43 Å². The first-order valence-corrected chi connectivity index (χ1v) is 16.9. The van der Waals surface area contributed by atoms with Crippen LogP contribution in [0.15, 0.2) is 22.4 Å². The Labute approximate surface area is 215 Å². The summed E-state index contributed by atoms with van der Waals surface area (Å²) >= 11 is 2.74. The maximum Gasteiger partial charge on any atom is 0.267 e. The number of hydrogen-bond donors (Lipinski definition) is 0. The van der Waals surface area contributed by atoms with Gasteiger partial charge in [0.1, 0.15) is 0 Å². The molecule has 2 aliphatic rings. The highest BCUT2D eigenvalue weighted by Crippen LogP contribution is 2.37. The summed E-state index contributed by atoms with van der Waals surface area (Å²) in [7, 11) is -0.318. The third-order valence-corrected chi connectivity index (χ3v) is 13.0. The standard InChI is InChI=1S/C24H42N4O3S2Si/c1-8-11-14-34(15-12-9-2,16-13-10-3)31-22-21(30)27(7)23(33-22)25-26-24-28(17-18(4)5)20(29)19(6)32-24/h19,22H,4,8-17H2,1-3,5-7H3/b25-23+,26-24+. The second-order valence-electron chi connectivity index (χ2n) is 9.37. The molecule has 0 aromatic carbocycles. The van der Waals surface area contributed by atoms with Crippen LogP contribution in [0.4, 0.5) is 0 Å². The van der Waals surface area contributed by atoms with E-state index in [1.165, 1.54) is 23.5 Å². The Morgan fingerprint density at radius 3 is 2.00 bits per heavy atom. The number of carbonyl (C=O) groups excluding carboxylic acids is 2. The van der Waals surface area contributed by atoms with Crippen molar-refractivity contribution in [2.45, 2.75) is 102 Å². The first-order valence-electron chi connectivity index (χ1n) is 12.6. The first kappa shape index (κ1) is 29.1. The summed E-state index contributed by atoms with van der Waals surface area (Å²) in [5, 5.41) is 9.64. The molecule has 0 aromatic rings. The number of amidine groups is 2. The van der Waals surface area contributed by atoms with Crippen molar-refractivity contribution in [3.05, 3.63) is 12.2 Å². The predicted octanol–water partition coefficient (Wildman–Crippen LogP) is 6.05. The van der Waals surface area contributed by atoms with Gasteiger partial charge in [0.25, 0.3) is 5.91 Å². The molecule has 192 valence electrons. The number of thioether (sulfide) groups is 2. The Hall–Kier alpha value is -1.10. The molecule has 10 heteroatoms. The Bertz CT molecular complexity index is 783. The van der Waals surface area contributed by atoms with Crippen LogP contribution < -0.4 is 0 Å². The molecule has 7 nitrogen and oxygen atoms in total. The molecule has 0 N–H and O–H groups in total. The summed E-state index contributed by atoms with van der Waals surface area (Å²) < 4.78 is 6.80. The van der Waals surface area contributed by atoms with Gasteiger partial charge in [-0.1, -0.05) is 83.2 Å². The van der Waals surface area contributed by atoms with Gasteiger partial charge in [0, 0.05) is 13.6 Å². The summed E-state index contributed by atoms with van der Waals surface area (Å²) in [5.74, 6) is -0.0529. The number of amides is 2. The molecule has 2 saturated heterocycles. The highest BCUT2D eigenvalue weighted by molar-refractivity contribution is 8.16. The van der Waals surface area contributed by atoms with Crippen LogP contribution in [0, 0.1) is 0 Å². The van der Waals surface area contributed by atoms with Crippen LogP contribution in [0.3, 0.4) is 0 Å². The molecule has 2 fully saturated rings. The fraction of sp³-hybridized carbons (Fsp3) is 0.750. The van der Waals surface area contributed by atoms with E-state index < -0.39 is 13.8 Å². The second-order valence-corrected chi connectivity index (χ2v) is 15.8. The lowest BCUT2D eigenvalue weighted by Crippen LogP contribution is -2.43. The smallest absolute Gasteiger partial charge is 0.267 e. The van der Waals surface area contributed by atoms with Gasteiger partial charge in [0.05, 0.1) is 5.25 Å². The minimum Gasteiger partial charge on any atom is -0.397 e. The topological polar surface area (TPSA) is 74.6 Å². The van der Waals surface area contributed by atoms with Crippen molar-refractivity contribution in [1.82, 2.24) is 9.80 Å². The average molecular weight is 527 g/mol. The first-order chi connectivity index (χ1) is 16.2. The van der Waals surface area contributed by atoms with Crippen molar-refractivity contribution in [1.29, 1.82) is 0 Å². The fourth-order valence-corrected chi connectivity index (χ4v) is 11.2. The molecule has 2 aliphatic heterocycles. The number of nitrogens with zero attached hydrogens (tertiary/aromatic N) is 4. The SMILES string of the molecule is C=C(C)CN1C(=O)C(C)S/C1=N/N=C1/SC(O[Si](CCCC)(CCCC)CCCC)C(=O)N1C. The van der Waals surface area contributed by atoms with Crippen LogP contribution in [0.25, 0.3) is 0 Å². The number of carbonyl (C=O) groups is 2. The van der Waals surface area contributed by atoms with E-state index in [1.807, 2.05) is 13.8 Å². The molecule has 0 spiro atoms. The van der Waals surface area contributed by atoms with Crippen molar-refractivity contribution in [3.63, 3.8) is 0 Å². The van der Waals surface area contributed by atoms with Crippen LogP contribution in [-0.4, -0.2) is 64.5 Å². The van der Waals surface area contributed by atoms with Crippen molar-refractivity contribution < 1.29 is 14.0 Å². The maximum absolute atomic E-state index is 13.1. The van der Waals surface area contributed by atoms with Crippen LogP contribution in [0.1, 0.15) is 73.1 Å². The second kappa shape index (κ2) is 13.8. The molecule has 0 aromatic heterocycles. The Morgan fingerprint density at radius 2 is 1.50 bits per heavy atom. The van der Waals surface area contributed by atoms with Gasteiger partial charge in [-0.3, -0.25) is 19.4 Å². The van der Waals surface area contributed by atoms with Gasteiger partial charge in [-0.05, 0) is 43.7 Å². The maximum atomic E-state index is 13.1. The number of unbranched alkanes of at least 4 members (excludes halogenated alkanes) is 3. The van der Waals surface area contributed by atoms with Gasteiger partial charge in [0.15, 0.2) is 24.1 Å². The molecular formula is C24H42N4O3S2Si. The van der Waals surface area contributed by atoms with E-state index >= 15 is 0 Å². The lowest BCUT2D eigenvalue weighted by molar-refractivity contribution is -0.129. The molecule has 2 rings (SSSR count). The quantitative estimate of drug-likeness (QED) is 0.157. The minimum atomic E-state index is -2.05. The van der Waals surface area contributed by atoms with Crippen LogP contribution in [-0.2, 0) is 14.0 Å². The van der Waals surface area contributed by atoms with E-state index in [2.05, 4.69) is 37.6 Å². The molecule has 2 amide bonds.